The maximum Gasteiger partial charge on any atom is 0.169 e. The van der Waals surface area contributed by atoms with Gasteiger partial charge in [0.05, 0.1) is 5.75 Å². The largest absolute Gasteiger partial charge is 0.324 e. The molecule has 0 aliphatic heterocycles. The summed E-state index contributed by atoms with van der Waals surface area (Å²) in [5.74, 6) is 3.27. The third kappa shape index (κ3) is 2.05. The van der Waals surface area contributed by atoms with Crippen LogP contribution in [-0.2, 0) is 0 Å². The molecule has 0 aliphatic rings. The van der Waals surface area contributed by atoms with E-state index in [2.05, 4.69) is 29.3 Å². The molecule has 1 aromatic rings. The first-order valence-electron chi connectivity index (χ1n) is 3.84. The molecule has 0 bridgehead atoms. The maximum atomic E-state index is 5.16. The van der Waals surface area contributed by atoms with Gasteiger partial charge in [0.15, 0.2) is 5.16 Å². The second kappa shape index (κ2) is 4.22. The van der Waals surface area contributed by atoms with E-state index in [1.54, 1.807) is 18.0 Å². The van der Waals surface area contributed by atoms with Crippen LogP contribution in [0.1, 0.15) is 19.9 Å². The highest BCUT2D eigenvalue weighted by molar-refractivity contribution is 7.99. The van der Waals surface area contributed by atoms with Gasteiger partial charge in [-0.2, -0.15) is 0 Å². The van der Waals surface area contributed by atoms with Gasteiger partial charge < -0.3 is 4.57 Å². The Hall–Kier alpha value is -0.880. The van der Waals surface area contributed by atoms with Gasteiger partial charge in [0.1, 0.15) is 0 Å². The Bertz CT molecular complexity index is 283. The van der Waals surface area contributed by atoms with Crippen molar-refractivity contribution in [2.75, 3.05) is 5.75 Å². The van der Waals surface area contributed by atoms with Crippen LogP contribution in [0.2, 0.25) is 0 Å². The average molecular weight is 180 g/mol. The molecule has 3 heteroatoms. The SMILES string of the molecule is C#CCSc1nccn1C(C)C. The zero-order chi connectivity index (χ0) is 8.97. The van der Waals surface area contributed by atoms with E-state index in [1.165, 1.54) is 0 Å². The molecule has 0 N–H and O–H groups in total. The number of nitrogens with zero attached hydrogens (tertiary/aromatic N) is 2. The Morgan fingerprint density at radius 3 is 3.08 bits per heavy atom. The van der Waals surface area contributed by atoms with Crippen molar-refractivity contribution in [2.24, 2.45) is 0 Å². The van der Waals surface area contributed by atoms with E-state index in [0.717, 1.165) is 5.16 Å². The van der Waals surface area contributed by atoms with Crippen molar-refractivity contribution in [3.63, 3.8) is 0 Å². The average Bonchev–Trinajstić information content (AvgIpc) is 2.48. The molecule has 0 saturated carbocycles. The molecule has 1 aromatic heterocycles. The minimum absolute atomic E-state index is 0.452. The highest BCUT2D eigenvalue weighted by atomic mass is 32.2. The zero-order valence-electron chi connectivity index (χ0n) is 7.32. The number of thioether (sulfide) groups is 1. The third-order valence-corrected chi connectivity index (χ3v) is 2.36. The van der Waals surface area contributed by atoms with Crippen LogP contribution in [0.3, 0.4) is 0 Å². The molecule has 0 amide bonds. The van der Waals surface area contributed by atoms with E-state index >= 15 is 0 Å². The van der Waals surface area contributed by atoms with Crippen molar-refractivity contribution in [2.45, 2.75) is 25.0 Å². The van der Waals surface area contributed by atoms with Gasteiger partial charge in [-0.05, 0) is 13.8 Å². The van der Waals surface area contributed by atoms with E-state index < -0.39 is 0 Å². The van der Waals surface area contributed by atoms with E-state index in [1.807, 2.05) is 6.20 Å². The van der Waals surface area contributed by atoms with Gasteiger partial charge in [-0.25, -0.2) is 4.98 Å². The lowest BCUT2D eigenvalue weighted by molar-refractivity contribution is 0.550. The van der Waals surface area contributed by atoms with Crippen molar-refractivity contribution in [3.05, 3.63) is 12.4 Å². The molecule has 1 heterocycles. The summed E-state index contributed by atoms with van der Waals surface area (Å²) in [7, 11) is 0. The van der Waals surface area contributed by atoms with Crippen molar-refractivity contribution in [1.82, 2.24) is 9.55 Å². The monoisotopic (exact) mass is 180 g/mol. The summed E-state index contributed by atoms with van der Waals surface area (Å²) in [4.78, 5) is 4.21. The van der Waals surface area contributed by atoms with Crippen LogP contribution in [0.4, 0.5) is 0 Å². The molecule has 12 heavy (non-hydrogen) atoms. The fourth-order valence-electron chi connectivity index (χ4n) is 0.910. The normalized spacial score (nSPS) is 10.2. The second-order valence-electron chi connectivity index (χ2n) is 2.70. The maximum absolute atomic E-state index is 5.16. The molecule has 0 unspecified atom stereocenters. The first kappa shape index (κ1) is 9.21. The first-order chi connectivity index (χ1) is 5.75. The number of rotatable bonds is 3. The highest BCUT2D eigenvalue weighted by Gasteiger charge is 2.04. The predicted octanol–water partition coefficient (Wildman–Crippen LogP) is 2.19. The lowest BCUT2D eigenvalue weighted by Crippen LogP contribution is -2.00. The molecule has 64 valence electrons. The van der Waals surface area contributed by atoms with E-state index in [-0.39, 0.29) is 0 Å². The van der Waals surface area contributed by atoms with Crippen molar-refractivity contribution in [3.8, 4) is 12.3 Å². The molecule has 0 atom stereocenters. The van der Waals surface area contributed by atoms with Crippen molar-refractivity contribution < 1.29 is 0 Å². The molecule has 0 aromatic carbocycles. The smallest absolute Gasteiger partial charge is 0.169 e. The van der Waals surface area contributed by atoms with E-state index in [4.69, 9.17) is 6.42 Å². The van der Waals surface area contributed by atoms with Crippen LogP contribution in [0.5, 0.6) is 0 Å². The van der Waals surface area contributed by atoms with Crippen LogP contribution in [-0.4, -0.2) is 15.3 Å². The van der Waals surface area contributed by atoms with Crippen LogP contribution in [0.25, 0.3) is 0 Å². The zero-order valence-corrected chi connectivity index (χ0v) is 8.14. The molecule has 2 nitrogen and oxygen atoms in total. The highest BCUT2D eigenvalue weighted by Crippen LogP contribution is 2.18. The number of aromatic nitrogens is 2. The minimum atomic E-state index is 0.452. The molecule has 0 fully saturated rings. The molecule has 0 spiro atoms. The Kier molecular flexibility index (Phi) is 3.24. The van der Waals surface area contributed by atoms with E-state index in [0.29, 0.717) is 11.8 Å². The third-order valence-electron chi connectivity index (χ3n) is 1.47. The van der Waals surface area contributed by atoms with Gasteiger partial charge in [0.25, 0.3) is 0 Å². The van der Waals surface area contributed by atoms with Gasteiger partial charge in [0.2, 0.25) is 0 Å². The molecular formula is C9H12N2S. The van der Waals surface area contributed by atoms with Crippen LogP contribution in [0.15, 0.2) is 17.6 Å². The Morgan fingerprint density at radius 1 is 1.75 bits per heavy atom. The van der Waals surface area contributed by atoms with Crippen LogP contribution >= 0.6 is 11.8 Å². The quantitative estimate of drug-likeness (QED) is 0.524. The summed E-state index contributed by atoms with van der Waals surface area (Å²) >= 11 is 1.60. The van der Waals surface area contributed by atoms with Gasteiger partial charge in [-0.1, -0.05) is 17.7 Å². The Labute approximate surface area is 77.4 Å². The summed E-state index contributed by atoms with van der Waals surface area (Å²) in [6, 6.07) is 0.452. The van der Waals surface area contributed by atoms with Gasteiger partial charge in [0, 0.05) is 18.4 Å². The Morgan fingerprint density at radius 2 is 2.50 bits per heavy atom. The van der Waals surface area contributed by atoms with Gasteiger partial charge >= 0.3 is 0 Å². The predicted molar refractivity (Wildman–Crippen MR) is 52.2 cm³/mol. The van der Waals surface area contributed by atoms with Crippen molar-refractivity contribution >= 4 is 11.8 Å². The second-order valence-corrected chi connectivity index (χ2v) is 3.65. The fraction of sp³-hybridized carbons (Fsp3) is 0.444. The summed E-state index contributed by atoms with van der Waals surface area (Å²) in [6.07, 6.45) is 8.94. The number of hydrogen-bond donors (Lipinski definition) is 0. The lowest BCUT2D eigenvalue weighted by Gasteiger charge is -2.09. The fourth-order valence-corrected chi connectivity index (χ4v) is 1.68. The summed E-state index contributed by atoms with van der Waals surface area (Å²) < 4.78 is 2.11. The first-order valence-corrected chi connectivity index (χ1v) is 4.83. The summed E-state index contributed by atoms with van der Waals surface area (Å²) in [5.41, 5.74) is 0. The van der Waals surface area contributed by atoms with Gasteiger partial charge in [-0.15, -0.1) is 6.42 Å². The standard InChI is InChI=1S/C9H12N2S/c1-4-7-12-9-10-5-6-11(9)8(2)3/h1,5-6,8H,7H2,2-3H3. The van der Waals surface area contributed by atoms with Gasteiger partial charge in [-0.3, -0.25) is 0 Å². The number of hydrogen-bond acceptors (Lipinski definition) is 2. The molecule has 0 saturated heterocycles. The summed E-state index contributed by atoms with van der Waals surface area (Å²) in [5, 5.41) is 1.00. The molecule has 1 rings (SSSR count). The molecule has 0 aliphatic carbocycles. The number of terminal acetylenes is 1. The topological polar surface area (TPSA) is 17.8 Å². The van der Waals surface area contributed by atoms with Crippen molar-refractivity contribution in [1.29, 1.82) is 0 Å². The minimum Gasteiger partial charge on any atom is -0.324 e. The van der Waals surface area contributed by atoms with E-state index in [9.17, 15) is 0 Å². The summed E-state index contributed by atoms with van der Waals surface area (Å²) in [6.45, 7) is 4.25. The number of imidazole rings is 1. The Balaban J connectivity index is 2.72. The molecule has 0 radical (unpaired) electrons. The lowest BCUT2D eigenvalue weighted by atomic mass is 10.4. The van der Waals surface area contributed by atoms with Crippen LogP contribution in [0, 0.1) is 12.3 Å². The molecular weight excluding hydrogens is 168 g/mol. The van der Waals surface area contributed by atoms with Crippen LogP contribution < -0.4 is 0 Å².